The van der Waals surface area contributed by atoms with Crippen molar-refractivity contribution in [3.8, 4) is 0 Å². The van der Waals surface area contributed by atoms with Gasteiger partial charge in [0.25, 0.3) is 0 Å². The van der Waals surface area contributed by atoms with E-state index >= 15 is 0 Å². The summed E-state index contributed by atoms with van der Waals surface area (Å²) in [6, 6.07) is 0. The second-order valence-corrected chi connectivity index (χ2v) is 4.13. The van der Waals surface area contributed by atoms with Crippen molar-refractivity contribution in [1.82, 2.24) is 9.97 Å². The van der Waals surface area contributed by atoms with Gasteiger partial charge in [0.1, 0.15) is 6.33 Å². The van der Waals surface area contributed by atoms with Crippen LogP contribution in [0.15, 0.2) is 18.7 Å². The Morgan fingerprint density at radius 3 is 2.40 bits per heavy atom. The number of aromatic nitrogens is 2. The third-order valence-corrected chi connectivity index (χ3v) is 2.95. The molecule has 0 amide bonds. The third kappa shape index (κ3) is 4.41. The minimum atomic E-state index is 0.656. The molecule has 1 heterocycles. The van der Waals surface area contributed by atoms with E-state index in [9.17, 15) is 0 Å². The fraction of sp³-hybridized carbons (Fsp3) is 0.692. The van der Waals surface area contributed by atoms with Gasteiger partial charge < -0.3 is 0 Å². The van der Waals surface area contributed by atoms with Crippen LogP contribution in [0.25, 0.3) is 0 Å². The van der Waals surface area contributed by atoms with Crippen LogP contribution in [-0.4, -0.2) is 9.97 Å². The summed E-state index contributed by atoms with van der Waals surface area (Å²) in [6.45, 7) is 4.50. The van der Waals surface area contributed by atoms with Gasteiger partial charge in [0.2, 0.25) is 0 Å². The zero-order valence-electron chi connectivity index (χ0n) is 9.95. The first-order valence-electron chi connectivity index (χ1n) is 6.13. The molecular weight excluding hydrogens is 184 g/mol. The quantitative estimate of drug-likeness (QED) is 0.631. The van der Waals surface area contributed by atoms with Crippen molar-refractivity contribution in [2.75, 3.05) is 0 Å². The predicted molar refractivity (Wildman–Crippen MR) is 63.8 cm³/mol. The molecule has 0 aliphatic heterocycles. The molecule has 1 aromatic rings. The fourth-order valence-corrected chi connectivity index (χ4v) is 1.95. The summed E-state index contributed by atoms with van der Waals surface area (Å²) in [6.07, 6.45) is 13.4. The van der Waals surface area contributed by atoms with E-state index in [1.54, 1.807) is 6.33 Å². The molecule has 15 heavy (non-hydrogen) atoms. The van der Waals surface area contributed by atoms with Gasteiger partial charge in [-0.05, 0) is 24.3 Å². The molecule has 0 saturated carbocycles. The van der Waals surface area contributed by atoms with E-state index in [0.717, 1.165) is 0 Å². The molecule has 0 spiro atoms. The van der Waals surface area contributed by atoms with Gasteiger partial charge in [-0.25, -0.2) is 9.97 Å². The Balaban J connectivity index is 2.36. The standard InChI is InChI=1S/C13H22N2/c1-3-5-6-7-8-12(4-2)13-9-14-11-15-10-13/h9-12H,3-8H2,1-2H3. The lowest BCUT2D eigenvalue weighted by Crippen LogP contribution is -1.98. The highest BCUT2D eigenvalue weighted by atomic mass is 14.8. The smallest absolute Gasteiger partial charge is 0.115 e. The van der Waals surface area contributed by atoms with Gasteiger partial charge in [0, 0.05) is 12.4 Å². The van der Waals surface area contributed by atoms with E-state index in [0.29, 0.717) is 5.92 Å². The molecule has 0 aromatic carbocycles. The molecule has 1 aromatic heterocycles. The van der Waals surface area contributed by atoms with Crippen molar-refractivity contribution in [1.29, 1.82) is 0 Å². The molecule has 84 valence electrons. The van der Waals surface area contributed by atoms with Crippen LogP contribution in [0.4, 0.5) is 0 Å². The summed E-state index contributed by atoms with van der Waals surface area (Å²) < 4.78 is 0. The van der Waals surface area contributed by atoms with Crippen LogP contribution in [0.3, 0.4) is 0 Å². The molecule has 0 N–H and O–H groups in total. The van der Waals surface area contributed by atoms with Crippen molar-refractivity contribution < 1.29 is 0 Å². The Bertz CT molecular complexity index is 246. The molecule has 1 atom stereocenters. The van der Waals surface area contributed by atoms with E-state index in [4.69, 9.17) is 0 Å². The Morgan fingerprint density at radius 2 is 1.80 bits per heavy atom. The number of rotatable bonds is 7. The van der Waals surface area contributed by atoms with Gasteiger partial charge in [-0.2, -0.15) is 0 Å². The normalized spacial score (nSPS) is 12.7. The Labute approximate surface area is 93.2 Å². The average molecular weight is 206 g/mol. The van der Waals surface area contributed by atoms with Crippen LogP contribution in [0.2, 0.25) is 0 Å². The predicted octanol–water partition coefficient (Wildman–Crippen LogP) is 3.94. The van der Waals surface area contributed by atoms with Crippen molar-refractivity contribution in [3.63, 3.8) is 0 Å². The summed E-state index contributed by atoms with van der Waals surface area (Å²) in [4.78, 5) is 8.17. The van der Waals surface area contributed by atoms with Crippen molar-refractivity contribution in [2.24, 2.45) is 0 Å². The van der Waals surface area contributed by atoms with Gasteiger partial charge in [0.15, 0.2) is 0 Å². The topological polar surface area (TPSA) is 25.8 Å². The second-order valence-electron chi connectivity index (χ2n) is 4.13. The first-order valence-corrected chi connectivity index (χ1v) is 6.13. The summed E-state index contributed by atoms with van der Waals surface area (Å²) in [5.41, 5.74) is 1.30. The highest BCUT2D eigenvalue weighted by molar-refractivity contribution is 5.09. The van der Waals surface area contributed by atoms with E-state index in [1.165, 1.54) is 44.1 Å². The minimum Gasteiger partial charge on any atom is -0.245 e. The number of nitrogens with zero attached hydrogens (tertiary/aromatic N) is 2. The Kier molecular flexibility index (Phi) is 5.98. The summed E-state index contributed by atoms with van der Waals surface area (Å²) in [5.74, 6) is 0.656. The molecule has 0 aliphatic carbocycles. The molecule has 0 fully saturated rings. The maximum atomic E-state index is 4.09. The first kappa shape index (κ1) is 12.2. The third-order valence-electron chi connectivity index (χ3n) is 2.95. The van der Waals surface area contributed by atoms with Gasteiger partial charge in [-0.3, -0.25) is 0 Å². The lowest BCUT2D eigenvalue weighted by atomic mass is 9.93. The van der Waals surface area contributed by atoms with Crippen molar-refractivity contribution in [2.45, 2.75) is 58.3 Å². The molecule has 0 bridgehead atoms. The zero-order chi connectivity index (χ0) is 10.9. The monoisotopic (exact) mass is 206 g/mol. The van der Waals surface area contributed by atoms with Crippen molar-refractivity contribution in [3.05, 3.63) is 24.3 Å². The molecule has 2 nitrogen and oxygen atoms in total. The number of unbranched alkanes of at least 4 members (excludes halogenated alkanes) is 3. The zero-order valence-corrected chi connectivity index (χ0v) is 9.95. The van der Waals surface area contributed by atoms with E-state index in [1.807, 2.05) is 12.4 Å². The maximum Gasteiger partial charge on any atom is 0.115 e. The molecule has 0 aliphatic rings. The number of hydrogen-bond acceptors (Lipinski definition) is 2. The second kappa shape index (κ2) is 7.38. The lowest BCUT2D eigenvalue weighted by molar-refractivity contribution is 0.540. The van der Waals surface area contributed by atoms with E-state index in [-0.39, 0.29) is 0 Å². The van der Waals surface area contributed by atoms with E-state index in [2.05, 4.69) is 23.8 Å². The van der Waals surface area contributed by atoms with Crippen LogP contribution >= 0.6 is 0 Å². The summed E-state index contributed by atoms with van der Waals surface area (Å²) in [5, 5.41) is 0. The highest BCUT2D eigenvalue weighted by Gasteiger charge is 2.08. The van der Waals surface area contributed by atoms with E-state index < -0.39 is 0 Å². The molecule has 1 unspecified atom stereocenters. The molecule has 2 heteroatoms. The first-order chi connectivity index (χ1) is 7.38. The SMILES string of the molecule is CCCCCCC(CC)c1cncnc1. The summed E-state index contributed by atoms with van der Waals surface area (Å²) in [7, 11) is 0. The highest BCUT2D eigenvalue weighted by Crippen LogP contribution is 2.24. The fourth-order valence-electron chi connectivity index (χ4n) is 1.95. The van der Waals surface area contributed by atoms with Crippen LogP contribution in [0.1, 0.15) is 63.9 Å². The molecular formula is C13H22N2. The molecule has 1 rings (SSSR count). The van der Waals surface area contributed by atoms with Crippen LogP contribution < -0.4 is 0 Å². The van der Waals surface area contributed by atoms with Crippen LogP contribution in [-0.2, 0) is 0 Å². The van der Waals surface area contributed by atoms with Gasteiger partial charge >= 0.3 is 0 Å². The number of hydrogen-bond donors (Lipinski definition) is 0. The lowest BCUT2D eigenvalue weighted by Gasteiger charge is -2.13. The Hall–Kier alpha value is -0.920. The molecule has 0 radical (unpaired) electrons. The van der Waals surface area contributed by atoms with Crippen LogP contribution in [0.5, 0.6) is 0 Å². The Morgan fingerprint density at radius 1 is 1.07 bits per heavy atom. The van der Waals surface area contributed by atoms with Crippen molar-refractivity contribution >= 4 is 0 Å². The summed E-state index contributed by atoms with van der Waals surface area (Å²) >= 11 is 0. The largest absolute Gasteiger partial charge is 0.245 e. The average Bonchev–Trinajstić information content (AvgIpc) is 2.30. The van der Waals surface area contributed by atoms with Crippen LogP contribution in [0, 0.1) is 0 Å². The molecule has 0 saturated heterocycles. The minimum absolute atomic E-state index is 0.656. The maximum absolute atomic E-state index is 4.09. The van der Waals surface area contributed by atoms with Gasteiger partial charge in [0.05, 0.1) is 0 Å². The van der Waals surface area contributed by atoms with Gasteiger partial charge in [-0.15, -0.1) is 0 Å². The van der Waals surface area contributed by atoms with Gasteiger partial charge in [-0.1, -0.05) is 39.5 Å².